The number of carbonyl (C=O) groups is 4. The molecule has 0 spiro atoms. The Balaban J connectivity index is 0.000000162. The first-order valence-electron chi connectivity index (χ1n) is 21.0. The smallest absolute Gasteiger partial charge is 0.259 e. The van der Waals surface area contributed by atoms with Gasteiger partial charge in [-0.3, -0.25) is 19.2 Å². The zero-order valence-electron chi connectivity index (χ0n) is 35.5. The number of rotatable bonds is 6. The number of Topliss-reactive ketones (excluding diaryl/α,β-unsaturated/α-hetero) is 1. The lowest BCUT2D eigenvalue weighted by atomic mass is 9.97. The van der Waals surface area contributed by atoms with Crippen LogP contribution in [0.4, 0.5) is 11.4 Å². The minimum atomic E-state index is -0.512. The van der Waals surface area contributed by atoms with Gasteiger partial charge < -0.3 is 16.0 Å². The molecule has 11 rings (SSSR count). The second-order valence-electron chi connectivity index (χ2n) is 15.9. The number of carbonyl (C=O) groups excluding carboxylic acids is 4. The third kappa shape index (κ3) is 8.50. The molecule has 0 radical (unpaired) electrons. The first-order chi connectivity index (χ1) is 33.7. The van der Waals surface area contributed by atoms with E-state index in [0.29, 0.717) is 28.2 Å². The van der Waals surface area contributed by atoms with Crippen molar-refractivity contribution >= 4 is 151 Å². The molecule has 70 heavy (non-hydrogen) atoms. The van der Waals surface area contributed by atoms with E-state index < -0.39 is 11.8 Å². The predicted octanol–water partition coefficient (Wildman–Crippen LogP) is 14.8. The molecule has 0 saturated heterocycles. The van der Waals surface area contributed by atoms with Crippen LogP contribution < -0.4 is 16.0 Å². The van der Waals surface area contributed by atoms with Crippen molar-refractivity contribution in [2.24, 2.45) is 9.98 Å². The van der Waals surface area contributed by atoms with E-state index in [1.54, 1.807) is 24.3 Å². The maximum Gasteiger partial charge on any atom is 0.259 e. The highest BCUT2D eigenvalue weighted by Gasteiger charge is 2.41. The van der Waals surface area contributed by atoms with Crippen LogP contribution in [-0.4, -0.2) is 35.2 Å². The van der Waals surface area contributed by atoms with Crippen molar-refractivity contribution in [2.75, 3.05) is 0 Å². The van der Waals surface area contributed by atoms with Gasteiger partial charge in [-0.05, 0) is 63.2 Å². The summed E-state index contributed by atoms with van der Waals surface area (Å²) in [5, 5.41) is 8.22. The fraction of sp³-hybridized carbons (Fsp3) is 0.0189. The van der Waals surface area contributed by atoms with Crippen LogP contribution in [0, 0.1) is 0 Å². The molecule has 3 amide bonds. The molecule has 7 aromatic carbocycles. The van der Waals surface area contributed by atoms with Crippen LogP contribution in [0.15, 0.2) is 155 Å². The molecule has 344 valence electrons. The highest BCUT2D eigenvalue weighted by molar-refractivity contribution is 6.56. The van der Waals surface area contributed by atoms with Gasteiger partial charge in [0.25, 0.3) is 17.7 Å². The van der Waals surface area contributed by atoms with E-state index in [1.165, 1.54) is 0 Å². The van der Waals surface area contributed by atoms with Crippen LogP contribution in [0.5, 0.6) is 0 Å². The second-order valence-corrected chi connectivity index (χ2v) is 18.9. The fourth-order valence-corrected chi connectivity index (χ4v) is 10.5. The van der Waals surface area contributed by atoms with E-state index in [1.807, 2.05) is 84.9 Å². The summed E-state index contributed by atoms with van der Waals surface area (Å²) >= 11 is 49.5. The number of halogens is 8. The number of aliphatic imine (C=N–C) groups is 2. The Bertz CT molecular complexity index is 3320. The number of amides is 3. The number of hydrogen-bond acceptors (Lipinski definition) is 6. The van der Waals surface area contributed by atoms with Crippen molar-refractivity contribution < 1.29 is 19.2 Å². The monoisotopic (exact) mass is 1080 g/mol. The number of allylic oxidation sites excluding steroid dienone is 1. The Hall–Kier alpha value is -6.24. The van der Waals surface area contributed by atoms with Gasteiger partial charge in [-0.25, -0.2) is 9.98 Å². The van der Waals surface area contributed by atoms with Crippen LogP contribution in [0.25, 0.3) is 33.5 Å². The van der Waals surface area contributed by atoms with Crippen molar-refractivity contribution in [3.05, 3.63) is 218 Å². The fourth-order valence-electron chi connectivity index (χ4n) is 8.43. The molecule has 0 fully saturated rings. The van der Waals surface area contributed by atoms with Gasteiger partial charge in [0.15, 0.2) is 5.78 Å². The second kappa shape index (κ2) is 19.2. The van der Waals surface area contributed by atoms with Crippen molar-refractivity contribution in [3.63, 3.8) is 0 Å². The summed E-state index contributed by atoms with van der Waals surface area (Å²) in [4.78, 5) is 59.8. The summed E-state index contributed by atoms with van der Waals surface area (Å²) in [6.07, 6.45) is 0.244. The van der Waals surface area contributed by atoms with Crippen molar-refractivity contribution in [1.29, 1.82) is 0 Å². The summed E-state index contributed by atoms with van der Waals surface area (Å²) < 4.78 is 0. The highest BCUT2D eigenvalue weighted by Crippen LogP contribution is 2.46. The lowest BCUT2D eigenvalue weighted by Crippen LogP contribution is -2.21. The van der Waals surface area contributed by atoms with E-state index >= 15 is 0 Å². The summed E-state index contributed by atoms with van der Waals surface area (Å²) in [6.45, 7) is 0. The first kappa shape index (κ1) is 47.4. The van der Waals surface area contributed by atoms with Gasteiger partial charge in [-0.15, -0.1) is 0 Å². The highest BCUT2D eigenvalue weighted by atomic mass is 35.5. The van der Waals surface area contributed by atoms with E-state index in [-0.39, 0.29) is 92.2 Å². The summed E-state index contributed by atoms with van der Waals surface area (Å²) in [5.41, 5.74) is 10.2. The lowest BCUT2D eigenvalue weighted by molar-refractivity contribution is -0.116. The van der Waals surface area contributed by atoms with Gasteiger partial charge in [0.1, 0.15) is 11.7 Å². The zero-order valence-corrected chi connectivity index (χ0v) is 41.5. The maximum absolute atomic E-state index is 13.1. The number of fused-ring (bicyclic) bond motifs is 3. The minimum Gasteiger partial charge on any atom is -0.321 e. The van der Waals surface area contributed by atoms with Gasteiger partial charge in [0.05, 0.1) is 90.7 Å². The molecule has 3 aliphatic heterocycles. The molecule has 9 nitrogen and oxygen atoms in total. The van der Waals surface area contributed by atoms with E-state index in [4.69, 9.17) is 92.8 Å². The standard InChI is InChI=1S/C31H21NO2.C22H6Cl8N4O2/c33-27-19-26(24-15-11-22(12-16-24)20-7-3-1-4-8-20)28-29(27)30(32-31(28)34)25-17-13-23(14-18-25)21-9-5-2-6-10-21;23-11-7-9(13(25)17(29)15(11)27)21(35)33-19(7)31-5-1-2-6(4-3-5)32-20-8-10(22(36)34-20)14(26)18(30)16(28)12(8)24/h1-18H,19H2,(H,32,34);1-4H,(H,31,33,35)(H,32,34,36). The SMILES string of the molecule is O=C1CC(c2ccc(-c3ccccc3)cc2)=C2C(=O)NC(c3ccc(-c4ccccc4)cc3)=C12.O=C1NC(=Nc2ccc(N=C3NC(=O)c4c(Cl)c(Cl)c(Cl)c(Cl)c43)cc2)c2c(Cl)c(Cl)c(Cl)c(Cl)c21. The molecule has 7 aromatic rings. The third-order valence-corrected chi connectivity index (χ3v) is 15.4. The molecule has 3 N–H and O–H groups in total. The molecule has 0 saturated carbocycles. The predicted molar refractivity (Wildman–Crippen MR) is 282 cm³/mol. The number of amidine groups is 2. The quantitative estimate of drug-likeness (QED) is 0.113. The zero-order chi connectivity index (χ0) is 49.1. The number of nitrogens with zero attached hydrogens (tertiary/aromatic N) is 2. The molecule has 4 aliphatic rings. The minimum absolute atomic E-state index is 0.0107. The Morgan fingerprint density at radius 3 is 1.11 bits per heavy atom. The van der Waals surface area contributed by atoms with Crippen molar-refractivity contribution in [3.8, 4) is 22.3 Å². The summed E-state index contributed by atoms with van der Waals surface area (Å²) in [6, 6.07) is 42.9. The molecule has 17 heteroatoms. The Morgan fingerprint density at radius 1 is 0.343 bits per heavy atom. The molecule has 1 aliphatic carbocycles. The van der Waals surface area contributed by atoms with Gasteiger partial charge in [0, 0.05) is 6.42 Å². The van der Waals surface area contributed by atoms with Crippen LogP contribution in [0.2, 0.25) is 40.2 Å². The van der Waals surface area contributed by atoms with Gasteiger partial charge >= 0.3 is 0 Å². The van der Waals surface area contributed by atoms with Gasteiger partial charge in [0.2, 0.25) is 0 Å². The van der Waals surface area contributed by atoms with Crippen molar-refractivity contribution in [2.45, 2.75) is 6.42 Å². The molecule has 0 bridgehead atoms. The lowest BCUT2D eigenvalue weighted by Gasteiger charge is -2.08. The molecular formula is C53H27Cl8N5O4. The number of benzene rings is 7. The largest absolute Gasteiger partial charge is 0.321 e. The number of hydrogen-bond donors (Lipinski definition) is 3. The Morgan fingerprint density at radius 2 is 0.700 bits per heavy atom. The molecular weight excluding hydrogens is 1050 g/mol. The summed E-state index contributed by atoms with van der Waals surface area (Å²) in [7, 11) is 0. The molecule has 3 heterocycles. The van der Waals surface area contributed by atoms with Crippen LogP contribution in [-0.2, 0) is 9.59 Å². The number of nitrogens with one attached hydrogen (secondary N) is 3. The van der Waals surface area contributed by atoms with Crippen LogP contribution in [0.1, 0.15) is 49.4 Å². The van der Waals surface area contributed by atoms with E-state index in [9.17, 15) is 19.2 Å². The van der Waals surface area contributed by atoms with Crippen LogP contribution >= 0.6 is 92.8 Å². The van der Waals surface area contributed by atoms with Gasteiger partial charge in [-0.1, -0.05) is 202 Å². The number of ketones is 1. The third-order valence-electron chi connectivity index (χ3n) is 11.8. The summed E-state index contributed by atoms with van der Waals surface area (Å²) in [5.74, 6) is -0.930. The Kier molecular flexibility index (Phi) is 13.0. The van der Waals surface area contributed by atoms with E-state index in [0.717, 1.165) is 39.0 Å². The normalized spacial score (nSPS) is 15.8. The average Bonchev–Trinajstić information content (AvgIpc) is 4.12. The van der Waals surface area contributed by atoms with Crippen molar-refractivity contribution in [1.82, 2.24) is 16.0 Å². The molecule has 0 unspecified atom stereocenters. The first-order valence-corrected chi connectivity index (χ1v) is 24.0. The van der Waals surface area contributed by atoms with E-state index in [2.05, 4.69) is 50.2 Å². The van der Waals surface area contributed by atoms with Gasteiger partial charge in [-0.2, -0.15) is 0 Å². The van der Waals surface area contributed by atoms with Crippen LogP contribution in [0.3, 0.4) is 0 Å². The molecule has 0 atom stereocenters. The topological polar surface area (TPSA) is 129 Å². The average molecular weight is 1080 g/mol. The molecule has 0 aromatic heterocycles. The Labute approximate surface area is 439 Å². The maximum atomic E-state index is 13.1.